The van der Waals surface area contributed by atoms with E-state index in [9.17, 15) is 14.4 Å². The van der Waals surface area contributed by atoms with Gasteiger partial charge in [-0.15, -0.1) is 0 Å². The van der Waals surface area contributed by atoms with Crippen molar-refractivity contribution in [3.63, 3.8) is 0 Å². The minimum Gasteiger partial charge on any atom is -0.494 e. The van der Waals surface area contributed by atoms with Crippen molar-refractivity contribution in [2.24, 2.45) is 5.10 Å². The van der Waals surface area contributed by atoms with Crippen molar-refractivity contribution in [1.29, 1.82) is 0 Å². The smallest absolute Gasteiger partial charge is 0.329 e. The summed E-state index contributed by atoms with van der Waals surface area (Å²) in [6.07, 6.45) is 1.38. The van der Waals surface area contributed by atoms with Crippen molar-refractivity contribution in [2.75, 3.05) is 23.8 Å². The Bertz CT molecular complexity index is 1170. The van der Waals surface area contributed by atoms with Gasteiger partial charge in [-0.3, -0.25) is 14.4 Å². The van der Waals surface area contributed by atoms with Crippen molar-refractivity contribution in [3.8, 4) is 11.5 Å². The minimum absolute atomic E-state index is 0.138. The number of anilines is 2. The molecule has 3 aromatic carbocycles. The first-order valence-corrected chi connectivity index (χ1v) is 10.9. The average molecular weight is 475 g/mol. The van der Waals surface area contributed by atoms with E-state index in [1.807, 2.05) is 38.1 Å². The first kappa shape index (κ1) is 25.0. The maximum absolute atomic E-state index is 12.0. The van der Waals surface area contributed by atoms with Gasteiger partial charge in [0.15, 0.2) is 6.61 Å². The van der Waals surface area contributed by atoms with Crippen LogP contribution in [0.15, 0.2) is 77.9 Å². The van der Waals surface area contributed by atoms with E-state index in [1.165, 1.54) is 6.21 Å². The molecule has 180 valence electrons. The van der Waals surface area contributed by atoms with Crippen molar-refractivity contribution in [2.45, 2.75) is 13.8 Å². The van der Waals surface area contributed by atoms with Gasteiger partial charge in [0.1, 0.15) is 11.5 Å². The molecule has 0 fully saturated rings. The van der Waals surface area contributed by atoms with Crippen LogP contribution < -0.4 is 25.5 Å². The molecule has 0 heterocycles. The predicted octanol–water partition coefficient (Wildman–Crippen LogP) is 3.50. The summed E-state index contributed by atoms with van der Waals surface area (Å²) < 4.78 is 10.8. The van der Waals surface area contributed by atoms with Gasteiger partial charge < -0.3 is 20.1 Å². The Morgan fingerprint density at radius 3 is 2.00 bits per heavy atom. The van der Waals surface area contributed by atoms with E-state index in [1.54, 1.807) is 48.5 Å². The summed E-state index contributed by atoms with van der Waals surface area (Å²) in [7, 11) is 0. The topological polar surface area (TPSA) is 118 Å². The zero-order valence-corrected chi connectivity index (χ0v) is 19.4. The highest BCUT2D eigenvalue weighted by atomic mass is 16.5. The lowest BCUT2D eigenvalue weighted by Crippen LogP contribution is -2.32. The number of nitrogens with zero attached hydrogens (tertiary/aromatic N) is 1. The van der Waals surface area contributed by atoms with E-state index in [2.05, 4.69) is 21.2 Å². The standard InChI is InChI=1S/C26H26N4O5/c1-3-34-22-14-10-21(11-15-22)29-25(32)26(33)30-27-16-19-6-12-23(13-7-19)35-17-24(31)28-20-8-4-18(2)5-9-20/h4-16H,3,17H2,1-2H3,(H,28,31)(H,29,32)(H,30,33)/b27-16-. The zero-order valence-electron chi connectivity index (χ0n) is 19.4. The summed E-state index contributed by atoms with van der Waals surface area (Å²) in [4.78, 5) is 35.9. The van der Waals surface area contributed by atoms with Gasteiger partial charge in [0.25, 0.3) is 5.91 Å². The van der Waals surface area contributed by atoms with Gasteiger partial charge in [0.05, 0.1) is 12.8 Å². The van der Waals surface area contributed by atoms with Crippen LogP contribution in [0.4, 0.5) is 11.4 Å². The number of aryl methyl sites for hydroxylation is 1. The fraction of sp³-hybridized carbons (Fsp3) is 0.154. The average Bonchev–Trinajstić information content (AvgIpc) is 2.86. The molecular weight excluding hydrogens is 448 g/mol. The number of hydrogen-bond acceptors (Lipinski definition) is 6. The molecule has 0 aliphatic carbocycles. The van der Waals surface area contributed by atoms with Crippen LogP contribution in [0.2, 0.25) is 0 Å². The summed E-state index contributed by atoms with van der Waals surface area (Å²) in [5.74, 6) is -0.860. The molecule has 0 aliphatic heterocycles. The molecular formula is C26H26N4O5. The van der Waals surface area contributed by atoms with Gasteiger partial charge in [0.2, 0.25) is 0 Å². The molecule has 9 nitrogen and oxygen atoms in total. The Kier molecular flexibility index (Phi) is 8.95. The van der Waals surface area contributed by atoms with E-state index in [-0.39, 0.29) is 12.5 Å². The molecule has 0 aliphatic rings. The SMILES string of the molecule is CCOc1ccc(NC(=O)C(=O)N/N=C\c2ccc(OCC(=O)Nc3ccc(C)cc3)cc2)cc1. The third-order valence-corrected chi connectivity index (χ3v) is 4.59. The molecule has 0 radical (unpaired) electrons. The fourth-order valence-corrected chi connectivity index (χ4v) is 2.84. The molecule has 0 saturated carbocycles. The predicted molar refractivity (Wildman–Crippen MR) is 134 cm³/mol. The Morgan fingerprint density at radius 2 is 1.34 bits per heavy atom. The second-order valence-electron chi connectivity index (χ2n) is 7.38. The zero-order chi connectivity index (χ0) is 25.0. The van der Waals surface area contributed by atoms with E-state index in [4.69, 9.17) is 9.47 Å². The highest BCUT2D eigenvalue weighted by Gasteiger charge is 2.12. The van der Waals surface area contributed by atoms with Crippen LogP contribution in [-0.4, -0.2) is 37.1 Å². The fourth-order valence-electron chi connectivity index (χ4n) is 2.84. The molecule has 0 unspecified atom stereocenters. The summed E-state index contributed by atoms with van der Waals surface area (Å²) in [6.45, 7) is 4.24. The Morgan fingerprint density at radius 1 is 0.771 bits per heavy atom. The lowest BCUT2D eigenvalue weighted by molar-refractivity contribution is -0.136. The third kappa shape index (κ3) is 8.32. The van der Waals surface area contributed by atoms with Crippen LogP contribution in [0.1, 0.15) is 18.1 Å². The Labute approximate surface area is 203 Å². The molecule has 0 atom stereocenters. The monoisotopic (exact) mass is 474 g/mol. The first-order valence-electron chi connectivity index (χ1n) is 10.9. The van der Waals surface area contributed by atoms with Gasteiger partial charge >= 0.3 is 11.8 Å². The van der Waals surface area contributed by atoms with Crippen molar-refractivity contribution < 1.29 is 23.9 Å². The van der Waals surface area contributed by atoms with Gasteiger partial charge in [0, 0.05) is 11.4 Å². The molecule has 3 N–H and O–H groups in total. The van der Waals surface area contributed by atoms with Gasteiger partial charge in [-0.05, 0) is 80.1 Å². The highest BCUT2D eigenvalue weighted by molar-refractivity contribution is 6.39. The van der Waals surface area contributed by atoms with Crippen LogP contribution >= 0.6 is 0 Å². The Balaban J connectivity index is 1.41. The van der Waals surface area contributed by atoms with Gasteiger partial charge in [-0.2, -0.15) is 5.10 Å². The summed E-state index contributed by atoms with van der Waals surface area (Å²) in [5.41, 5.74) is 5.10. The summed E-state index contributed by atoms with van der Waals surface area (Å²) in [6, 6.07) is 20.9. The van der Waals surface area contributed by atoms with Crippen molar-refractivity contribution in [3.05, 3.63) is 83.9 Å². The number of hydrazone groups is 1. The Hall–Kier alpha value is -4.66. The lowest BCUT2D eigenvalue weighted by Gasteiger charge is -2.08. The van der Waals surface area contributed by atoms with E-state index >= 15 is 0 Å². The van der Waals surface area contributed by atoms with E-state index in [0.717, 1.165) is 5.56 Å². The largest absolute Gasteiger partial charge is 0.494 e. The number of hydrogen-bond donors (Lipinski definition) is 3. The quantitative estimate of drug-likeness (QED) is 0.249. The van der Waals surface area contributed by atoms with Crippen molar-refractivity contribution >= 4 is 35.3 Å². The molecule has 9 heteroatoms. The van der Waals surface area contributed by atoms with Crippen LogP contribution in [-0.2, 0) is 14.4 Å². The van der Waals surface area contributed by atoms with E-state index < -0.39 is 11.8 Å². The number of nitrogens with one attached hydrogen (secondary N) is 3. The van der Waals surface area contributed by atoms with Crippen LogP contribution in [0.5, 0.6) is 11.5 Å². The molecule has 3 aromatic rings. The number of benzene rings is 3. The number of ether oxygens (including phenoxy) is 2. The second-order valence-corrected chi connectivity index (χ2v) is 7.38. The van der Waals surface area contributed by atoms with Crippen molar-refractivity contribution in [1.82, 2.24) is 5.43 Å². The first-order chi connectivity index (χ1) is 16.9. The highest BCUT2D eigenvalue weighted by Crippen LogP contribution is 2.15. The number of carbonyl (C=O) groups excluding carboxylic acids is 3. The minimum atomic E-state index is -0.908. The van der Waals surface area contributed by atoms with Gasteiger partial charge in [-0.1, -0.05) is 17.7 Å². The van der Waals surface area contributed by atoms with Crippen LogP contribution in [0.3, 0.4) is 0 Å². The lowest BCUT2D eigenvalue weighted by atomic mass is 10.2. The molecule has 0 bridgehead atoms. The maximum Gasteiger partial charge on any atom is 0.329 e. The van der Waals surface area contributed by atoms with Crippen LogP contribution in [0, 0.1) is 6.92 Å². The third-order valence-electron chi connectivity index (χ3n) is 4.59. The number of amides is 3. The normalized spacial score (nSPS) is 10.5. The summed E-state index contributed by atoms with van der Waals surface area (Å²) in [5, 5.41) is 9.02. The maximum atomic E-state index is 12.0. The molecule has 35 heavy (non-hydrogen) atoms. The number of rotatable bonds is 9. The molecule has 0 saturated heterocycles. The summed E-state index contributed by atoms with van der Waals surface area (Å²) >= 11 is 0. The van der Waals surface area contributed by atoms with E-state index in [0.29, 0.717) is 35.0 Å². The molecule has 0 aromatic heterocycles. The second kappa shape index (κ2) is 12.5. The number of carbonyl (C=O) groups is 3. The molecule has 3 rings (SSSR count). The molecule has 0 spiro atoms. The van der Waals surface area contributed by atoms with Gasteiger partial charge in [-0.25, -0.2) is 5.43 Å². The molecule has 3 amide bonds. The van der Waals surface area contributed by atoms with Crippen LogP contribution in [0.25, 0.3) is 0 Å².